The zero-order valence-electron chi connectivity index (χ0n) is 7.37. The molecule has 2 aromatic heterocycles. The maximum absolute atomic E-state index is 5.94. The molecule has 0 fully saturated rings. The van der Waals surface area contributed by atoms with Gasteiger partial charge in [0.1, 0.15) is 11.5 Å². The number of H-pyrrole nitrogens is 1. The number of halogens is 1. The first-order valence-electron chi connectivity index (χ1n) is 4.04. The SMILES string of the molecule is CC(C)c1[nH]nc2ncnc(Cl)c12. The van der Waals surface area contributed by atoms with E-state index in [1.165, 1.54) is 6.33 Å². The lowest BCUT2D eigenvalue weighted by Crippen LogP contribution is -1.89. The topological polar surface area (TPSA) is 54.5 Å². The zero-order chi connectivity index (χ0) is 9.42. The Balaban J connectivity index is 2.79. The first-order chi connectivity index (χ1) is 6.20. The molecule has 0 aliphatic heterocycles. The van der Waals surface area contributed by atoms with Gasteiger partial charge in [0, 0.05) is 0 Å². The third kappa shape index (κ3) is 1.27. The third-order valence-electron chi connectivity index (χ3n) is 1.91. The normalized spacial score (nSPS) is 11.4. The molecule has 0 radical (unpaired) electrons. The molecule has 13 heavy (non-hydrogen) atoms. The maximum atomic E-state index is 5.94. The fourth-order valence-electron chi connectivity index (χ4n) is 1.26. The molecule has 0 unspecified atom stereocenters. The molecule has 2 rings (SSSR count). The number of hydrogen-bond donors (Lipinski definition) is 1. The largest absolute Gasteiger partial charge is 0.279 e. The van der Waals surface area contributed by atoms with Crippen LogP contribution >= 0.6 is 11.6 Å². The van der Waals surface area contributed by atoms with E-state index in [0.29, 0.717) is 16.7 Å². The summed E-state index contributed by atoms with van der Waals surface area (Å²) in [6, 6.07) is 0. The lowest BCUT2D eigenvalue weighted by Gasteiger charge is -2.00. The number of rotatable bonds is 1. The minimum absolute atomic E-state index is 0.341. The average molecular weight is 197 g/mol. The summed E-state index contributed by atoms with van der Waals surface area (Å²) < 4.78 is 0. The Bertz CT molecular complexity index is 435. The molecule has 5 heteroatoms. The Kier molecular flexibility index (Phi) is 1.92. The lowest BCUT2D eigenvalue weighted by molar-refractivity contribution is 0.817. The fourth-order valence-corrected chi connectivity index (χ4v) is 1.49. The van der Waals surface area contributed by atoms with Crippen LogP contribution in [0.1, 0.15) is 25.5 Å². The summed E-state index contributed by atoms with van der Waals surface area (Å²) in [6.45, 7) is 4.13. The minimum atomic E-state index is 0.341. The number of aromatic amines is 1. The second kappa shape index (κ2) is 2.96. The quantitative estimate of drug-likeness (QED) is 0.711. The van der Waals surface area contributed by atoms with Crippen LogP contribution < -0.4 is 0 Å². The van der Waals surface area contributed by atoms with E-state index in [1.54, 1.807) is 0 Å². The Morgan fingerprint density at radius 1 is 1.38 bits per heavy atom. The highest BCUT2D eigenvalue weighted by atomic mass is 35.5. The van der Waals surface area contributed by atoms with Gasteiger partial charge in [-0.2, -0.15) is 5.10 Å². The van der Waals surface area contributed by atoms with E-state index in [0.717, 1.165) is 11.1 Å². The number of fused-ring (bicyclic) bond motifs is 1. The van der Waals surface area contributed by atoms with Crippen molar-refractivity contribution in [2.45, 2.75) is 19.8 Å². The summed E-state index contributed by atoms with van der Waals surface area (Å²) in [7, 11) is 0. The average Bonchev–Trinajstić information content (AvgIpc) is 2.49. The van der Waals surface area contributed by atoms with E-state index >= 15 is 0 Å². The number of hydrogen-bond acceptors (Lipinski definition) is 3. The van der Waals surface area contributed by atoms with E-state index in [1.807, 2.05) is 0 Å². The Morgan fingerprint density at radius 3 is 2.85 bits per heavy atom. The van der Waals surface area contributed by atoms with Gasteiger partial charge < -0.3 is 0 Å². The van der Waals surface area contributed by atoms with Gasteiger partial charge in [-0.15, -0.1) is 0 Å². The first kappa shape index (κ1) is 8.44. The molecule has 0 saturated carbocycles. The van der Waals surface area contributed by atoms with Crippen LogP contribution in [0.15, 0.2) is 6.33 Å². The number of aromatic nitrogens is 4. The molecule has 0 bridgehead atoms. The van der Waals surface area contributed by atoms with Crippen LogP contribution in [-0.4, -0.2) is 20.2 Å². The van der Waals surface area contributed by atoms with Crippen molar-refractivity contribution in [3.63, 3.8) is 0 Å². The van der Waals surface area contributed by atoms with Crippen molar-refractivity contribution in [3.8, 4) is 0 Å². The monoisotopic (exact) mass is 196 g/mol. The van der Waals surface area contributed by atoms with E-state index in [-0.39, 0.29) is 0 Å². The van der Waals surface area contributed by atoms with Crippen LogP contribution in [0.2, 0.25) is 5.15 Å². The molecule has 0 aliphatic carbocycles. The minimum Gasteiger partial charge on any atom is -0.279 e. The second-order valence-corrected chi connectivity index (χ2v) is 3.51. The highest BCUT2D eigenvalue weighted by molar-refractivity contribution is 6.34. The number of nitrogens with one attached hydrogen (secondary N) is 1. The van der Waals surface area contributed by atoms with Gasteiger partial charge >= 0.3 is 0 Å². The predicted molar refractivity (Wildman–Crippen MR) is 50.8 cm³/mol. The molecule has 4 nitrogen and oxygen atoms in total. The molecule has 2 heterocycles. The number of nitrogens with zero attached hydrogens (tertiary/aromatic N) is 3. The molecule has 0 amide bonds. The molecular weight excluding hydrogens is 188 g/mol. The van der Waals surface area contributed by atoms with Gasteiger partial charge in [-0.1, -0.05) is 25.4 Å². The lowest BCUT2D eigenvalue weighted by atomic mass is 10.1. The molecule has 0 saturated heterocycles. The van der Waals surface area contributed by atoms with Crippen LogP contribution in [0.3, 0.4) is 0 Å². The summed E-state index contributed by atoms with van der Waals surface area (Å²) in [5, 5.41) is 8.25. The highest BCUT2D eigenvalue weighted by Gasteiger charge is 2.12. The van der Waals surface area contributed by atoms with Crippen molar-refractivity contribution >= 4 is 22.6 Å². The summed E-state index contributed by atoms with van der Waals surface area (Å²) >= 11 is 5.94. The first-order valence-corrected chi connectivity index (χ1v) is 4.42. The molecule has 0 atom stereocenters. The Labute approximate surface area is 80.3 Å². The predicted octanol–water partition coefficient (Wildman–Crippen LogP) is 2.13. The van der Waals surface area contributed by atoms with Gasteiger partial charge in [0.2, 0.25) is 0 Å². The van der Waals surface area contributed by atoms with E-state index in [9.17, 15) is 0 Å². The van der Waals surface area contributed by atoms with Crippen LogP contribution in [0.25, 0.3) is 11.0 Å². The van der Waals surface area contributed by atoms with Crippen molar-refractivity contribution in [1.82, 2.24) is 20.2 Å². The van der Waals surface area contributed by atoms with Gasteiger partial charge in [-0.3, -0.25) is 5.10 Å². The summed E-state index contributed by atoms with van der Waals surface area (Å²) in [5.74, 6) is 0.341. The molecule has 2 aromatic rings. The van der Waals surface area contributed by atoms with E-state index in [2.05, 4.69) is 34.0 Å². The van der Waals surface area contributed by atoms with E-state index < -0.39 is 0 Å². The highest BCUT2D eigenvalue weighted by Crippen LogP contribution is 2.25. The Morgan fingerprint density at radius 2 is 2.15 bits per heavy atom. The van der Waals surface area contributed by atoms with Gasteiger partial charge in [0.05, 0.1) is 11.1 Å². The molecule has 0 aromatic carbocycles. The Hall–Kier alpha value is -1.16. The van der Waals surface area contributed by atoms with Gasteiger partial charge in [0.15, 0.2) is 5.65 Å². The van der Waals surface area contributed by atoms with Gasteiger partial charge in [0.25, 0.3) is 0 Å². The third-order valence-corrected chi connectivity index (χ3v) is 2.20. The summed E-state index contributed by atoms with van der Waals surface area (Å²) in [6.07, 6.45) is 1.41. The van der Waals surface area contributed by atoms with Crippen molar-refractivity contribution in [1.29, 1.82) is 0 Å². The van der Waals surface area contributed by atoms with Crippen LogP contribution in [0.4, 0.5) is 0 Å². The second-order valence-electron chi connectivity index (χ2n) is 3.16. The smallest absolute Gasteiger partial charge is 0.185 e. The van der Waals surface area contributed by atoms with Crippen LogP contribution in [0.5, 0.6) is 0 Å². The maximum Gasteiger partial charge on any atom is 0.185 e. The van der Waals surface area contributed by atoms with Crippen molar-refractivity contribution in [3.05, 3.63) is 17.2 Å². The van der Waals surface area contributed by atoms with Gasteiger partial charge in [-0.25, -0.2) is 9.97 Å². The molecule has 68 valence electrons. The van der Waals surface area contributed by atoms with Crippen LogP contribution in [-0.2, 0) is 0 Å². The standard InChI is InChI=1S/C8H9ClN4/c1-4(2)6-5-7(9)10-3-11-8(5)13-12-6/h3-4H,1-2H3,(H,10,11,12,13). The van der Waals surface area contributed by atoms with Crippen molar-refractivity contribution in [2.75, 3.05) is 0 Å². The van der Waals surface area contributed by atoms with Crippen molar-refractivity contribution in [2.24, 2.45) is 0 Å². The summed E-state index contributed by atoms with van der Waals surface area (Å²) in [4.78, 5) is 7.92. The molecule has 0 aliphatic rings. The molecule has 1 N–H and O–H groups in total. The zero-order valence-corrected chi connectivity index (χ0v) is 8.13. The summed E-state index contributed by atoms with van der Waals surface area (Å²) in [5.41, 5.74) is 1.62. The molecule has 0 spiro atoms. The fraction of sp³-hybridized carbons (Fsp3) is 0.375. The van der Waals surface area contributed by atoms with E-state index in [4.69, 9.17) is 11.6 Å². The van der Waals surface area contributed by atoms with Crippen LogP contribution in [0, 0.1) is 0 Å². The molecular formula is C8H9ClN4. The van der Waals surface area contributed by atoms with Gasteiger partial charge in [-0.05, 0) is 5.92 Å². The van der Waals surface area contributed by atoms with Crippen molar-refractivity contribution < 1.29 is 0 Å².